The number of urea groups is 1. The van der Waals surface area contributed by atoms with E-state index in [4.69, 9.17) is 0 Å². The summed E-state index contributed by atoms with van der Waals surface area (Å²) in [5.41, 5.74) is 2.28. The highest BCUT2D eigenvalue weighted by molar-refractivity contribution is 9.10. The van der Waals surface area contributed by atoms with Gasteiger partial charge in [-0.2, -0.15) is 0 Å². The number of amides is 3. The van der Waals surface area contributed by atoms with Gasteiger partial charge in [-0.15, -0.1) is 0 Å². The number of hydrogen-bond acceptors (Lipinski definition) is 2. The van der Waals surface area contributed by atoms with Gasteiger partial charge >= 0.3 is 6.03 Å². The zero-order chi connectivity index (χ0) is 19.4. The number of halogens is 2. The van der Waals surface area contributed by atoms with Crippen molar-refractivity contribution in [3.8, 4) is 0 Å². The molecule has 0 unspecified atom stereocenters. The molecule has 0 bridgehead atoms. The largest absolute Gasteiger partial charge is 0.337 e. The molecule has 2 aromatic carbocycles. The molecule has 5 nitrogen and oxygen atoms in total. The van der Waals surface area contributed by atoms with Gasteiger partial charge < -0.3 is 15.1 Å². The third-order valence-corrected chi connectivity index (χ3v) is 5.44. The highest BCUT2D eigenvalue weighted by Crippen LogP contribution is 2.21. The Bertz CT molecular complexity index is 842. The van der Waals surface area contributed by atoms with Gasteiger partial charge in [0.25, 0.3) is 5.91 Å². The predicted octanol–water partition coefficient (Wildman–Crippen LogP) is 4.28. The minimum absolute atomic E-state index is 0.139. The van der Waals surface area contributed by atoms with E-state index in [1.54, 1.807) is 9.80 Å². The van der Waals surface area contributed by atoms with Crippen LogP contribution in [-0.2, 0) is 0 Å². The van der Waals surface area contributed by atoms with Gasteiger partial charge in [0.2, 0.25) is 0 Å². The number of benzene rings is 2. The number of hydrogen-bond donors (Lipinski definition) is 1. The number of aryl methyl sites for hydroxylation is 1. The van der Waals surface area contributed by atoms with E-state index in [9.17, 15) is 14.0 Å². The highest BCUT2D eigenvalue weighted by atomic mass is 79.9. The summed E-state index contributed by atoms with van der Waals surface area (Å²) in [6.07, 6.45) is 0.692. The number of anilines is 1. The average Bonchev–Trinajstić information content (AvgIpc) is 2.91. The smallest absolute Gasteiger partial charge is 0.321 e. The van der Waals surface area contributed by atoms with Gasteiger partial charge in [0.1, 0.15) is 5.82 Å². The number of carbonyl (C=O) groups is 2. The topological polar surface area (TPSA) is 52.7 Å². The van der Waals surface area contributed by atoms with Crippen LogP contribution in [0.4, 0.5) is 14.9 Å². The molecule has 3 rings (SSSR count). The maximum absolute atomic E-state index is 13.0. The van der Waals surface area contributed by atoms with Crippen molar-refractivity contribution in [1.82, 2.24) is 9.80 Å². The van der Waals surface area contributed by atoms with Gasteiger partial charge in [-0.05, 0) is 55.3 Å². The van der Waals surface area contributed by atoms with Crippen LogP contribution in [0.1, 0.15) is 22.3 Å². The third kappa shape index (κ3) is 4.86. The summed E-state index contributed by atoms with van der Waals surface area (Å²) < 4.78 is 14.0. The summed E-state index contributed by atoms with van der Waals surface area (Å²) >= 11 is 3.46. The Morgan fingerprint density at radius 3 is 2.37 bits per heavy atom. The van der Waals surface area contributed by atoms with Crippen LogP contribution in [0, 0.1) is 12.7 Å². The minimum Gasteiger partial charge on any atom is -0.337 e. The first-order valence-corrected chi connectivity index (χ1v) is 9.60. The van der Waals surface area contributed by atoms with Crippen LogP contribution in [0.15, 0.2) is 46.9 Å². The molecule has 7 heteroatoms. The van der Waals surface area contributed by atoms with Gasteiger partial charge in [0, 0.05) is 41.9 Å². The molecule has 0 aromatic heterocycles. The molecule has 0 radical (unpaired) electrons. The van der Waals surface area contributed by atoms with Crippen molar-refractivity contribution >= 4 is 33.6 Å². The Morgan fingerprint density at radius 2 is 1.67 bits per heavy atom. The Kier molecular flexibility index (Phi) is 6.11. The van der Waals surface area contributed by atoms with Gasteiger partial charge in [-0.25, -0.2) is 9.18 Å². The van der Waals surface area contributed by atoms with Crippen LogP contribution >= 0.6 is 15.9 Å². The Balaban J connectivity index is 1.60. The van der Waals surface area contributed by atoms with E-state index in [1.165, 1.54) is 24.3 Å². The van der Waals surface area contributed by atoms with Crippen LogP contribution in [0.5, 0.6) is 0 Å². The Labute approximate surface area is 166 Å². The maximum Gasteiger partial charge on any atom is 0.321 e. The molecule has 0 atom stereocenters. The second kappa shape index (κ2) is 8.52. The summed E-state index contributed by atoms with van der Waals surface area (Å²) in [4.78, 5) is 28.6. The van der Waals surface area contributed by atoms with E-state index in [-0.39, 0.29) is 17.8 Å². The van der Waals surface area contributed by atoms with E-state index in [1.807, 2.05) is 25.1 Å². The Morgan fingerprint density at radius 1 is 1.00 bits per heavy atom. The van der Waals surface area contributed by atoms with Crippen LogP contribution in [0.25, 0.3) is 0 Å². The average molecular weight is 434 g/mol. The molecule has 1 aliphatic heterocycles. The van der Waals surface area contributed by atoms with Crippen LogP contribution in [0.3, 0.4) is 0 Å². The third-order valence-electron chi connectivity index (χ3n) is 4.58. The molecule has 142 valence electrons. The van der Waals surface area contributed by atoms with Crippen molar-refractivity contribution in [2.75, 3.05) is 31.5 Å². The van der Waals surface area contributed by atoms with E-state index < -0.39 is 0 Å². The summed E-state index contributed by atoms with van der Waals surface area (Å²) in [6.45, 7) is 4.02. The van der Waals surface area contributed by atoms with Crippen molar-refractivity contribution in [2.45, 2.75) is 13.3 Å². The lowest BCUT2D eigenvalue weighted by atomic mass is 10.2. The number of rotatable bonds is 2. The van der Waals surface area contributed by atoms with Gasteiger partial charge in [0.15, 0.2) is 0 Å². The molecule has 0 spiro atoms. The molecular formula is C20H21BrFN3O2. The van der Waals surface area contributed by atoms with E-state index in [0.29, 0.717) is 38.2 Å². The number of nitrogens with one attached hydrogen (secondary N) is 1. The SMILES string of the molecule is Cc1ccc(NC(=O)N2CCCN(C(=O)c3ccc(F)cc3)CC2)cc1Br. The van der Waals surface area contributed by atoms with Crippen LogP contribution in [-0.4, -0.2) is 47.9 Å². The van der Waals surface area contributed by atoms with Crippen molar-refractivity contribution < 1.29 is 14.0 Å². The van der Waals surface area contributed by atoms with Gasteiger partial charge in [0.05, 0.1) is 0 Å². The lowest BCUT2D eigenvalue weighted by Gasteiger charge is -2.22. The fourth-order valence-electron chi connectivity index (χ4n) is 2.97. The van der Waals surface area contributed by atoms with Crippen molar-refractivity contribution in [1.29, 1.82) is 0 Å². The Hall–Kier alpha value is -2.41. The monoisotopic (exact) mass is 433 g/mol. The van der Waals surface area contributed by atoms with Gasteiger partial charge in [-0.1, -0.05) is 22.0 Å². The molecule has 1 N–H and O–H groups in total. The lowest BCUT2D eigenvalue weighted by Crippen LogP contribution is -2.39. The quantitative estimate of drug-likeness (QED) is 0.768. The summed E-state index contributed by atoms with van der Waals surface area (Å²) in [5, 5.41) is 2.90. The van der Waals surface area contributed by atoms with E-state index in [0.717, 1.165) is 15.7 Å². The second-order valence-corrected chi connectivity index (χ2v) is 7.39. The van der Waals surface area contributed by atoms with Crippen molar-refractivity contribution in [3.63, 3.8) is 0 Å². The lowest BCUT2D eigenvalue weighted by molar-refractivity contribution is 0.0762. The number of carbonyl (C=O) groups excluding carboxylic acids is 2. The fourth-order valence-corrected chi connectivity index (χ4v) is 3.35. The highest BCUT2D eigenvalue weighted by Gasteiger charge is 2.23. The maximum atomic E-state index is 13.0. The molecule has 3 amide bonds. The van der Waals surface area contributed by atoms with E-state index in [2.05, 4.69) is 21.2 Å². The van der Waals surface area contributed by atoms with E-state index >= 15 is 0 Å². The van der Waals surface area contributed by atoms with Crippen molar-refractivity contribution in [3.05, 3.63) is 63.9 Å². The minimum atomic E-state index is -0.368. The van der Waals surface area contributed by atoms with Crippen molar-refractivity contribution in [2.24, 2.45) is 0 Å². The zero-order valence-corrected chi connectivity index (χ0v) is 16.6. The molecule has 1 fully saturated rings. The first kappa shape index (κ1) is 19.4. The molecule has 0 saturated carbocycles. The molecular weight excluding hydrogens is 413 g/mol. The summed E-state index contributed by atoms with van der Waals surface area (Å²) in [7, 11) is 0. The molecule has 0 aliphatic carbocycles. The van der Waals surface area contributed by atoms with Crippen LogP contribution in [0.2, 0.25) is 0 Å². The van der Waals surface area contributed by atoms with Gasteiger partial charge in [-0.3, -0.25) is 4.79 Å². The standard InChI is InChI=1S/C20H21BrFN3O2/c1-14-3-8-17(13-18(14)21)23-20(27)25-10-2-9-24(11-12-25)19(26)15-4-6-16(22)7-5-15/h3-8,13H,2,9-12H2,1H3,(H,23,27). The summed E-state index contributed by atoms with van der Waals surface area (Å²) in [5.74, 6) is -0.507. The molecule has 27 heavy (non-hydrogen) atoms. The first-order chi connectivity index (χ1) is 12.9. The number of nitrogens with zero attached hydrogens (tertiary/aromatic N) is 2. The molecule has 1 heterocycles. The zero-order valence-electron chi connectivity index (χ0n) is 15.0. The molecule has 1 saturated heterocycles. The second-order valence-electron chi connectivity index (χ2n) is 6.53. The fraction of sp³-hybridized carbons (Fsp3) is 0.300. The summed E-state index contributed by atoms with van der Waals surface area (Å²) in [6, 6.07) is 11.0. The first-order valence-electron chi connectivity index (χ1n) is 8.81. The molecule has 2 aromatic rings. The predicted molar refractivity (Wildman–Crippen MR) is 106 cm³/mol. The molecule has 1 aliphatic rings. The van der Waals surface area contributed by atoms with Crippen LogP contribution < -0.4 is 5.32 Å². The normalized spacial score (nSPS) is 14.6.